The Hall–Kier alpha value is -4.44. The maximum atomic E-state index is 14.3. The van der Waals surface area contributed by atoms with E-state index in [-0.39, 0.29) is 37.4 Å². The lowest BCUT2D eigenvalue weighted by molar-refractivity contribution is -0.0173. The first-order valence-electron chi connectivity index (χ1n) is 10.6. The summed E-state index contributed by atoms with van der Waals surface area (Å²) in [5, 5.41) is 16.9. The lowest BCUT2D eigenvalue weighted by Gasteiger charge is -2.21. The first-order chi connectivity index (χ1) is 17.0. The number of aromatic hydroxyl groups is 1. The fourth-order valence-corrected chi connectivity index (χ4v) is 4.14. The Bertz CT molecular complexity index is 1450. The van der Waals surface area contributed by atoms with Gasteiger partial charge in [0.2, 0.25) is 5.88 Å². The van der Waals surface area contributed by atoms with Crippen molar-refractivity contribution >= 4 is 28.2 Å². The Balaban J connectivity index is 1.52. The topological polar surface area (TPSA) is 111 Å². The number of methoxy groups -OCH3 is 1. The molecule has 10 heteroatoms. The highest BCUT2D eigenvalue weighted by atomic mass is 19.1. The molecule has 2 N–H and O–H groups in total. The Kier molecular flexibility index (Phi) is 5.79. The second-order valence-corrected chi connectivity index (χ2v) is 7.93. The highest BCUT2D eigenvalue weighted by Gasteiger charge is 2.22. The first-order valence-corrected chi connectivity index (χ1v) is 10.6. The van der Waals surface area contributed by atoms with E-state index in [4.69, 9.17) is 14.2 Å². The van der Waals surface area contributed by atoms with Crippen LogP contribution in [0, 0.1) is 10.7 Å². The lowest BCUT2D eigenvalue weighted by Crippen LogP contribution is -2.15. The molecule has 0 saturated carbocycles. The summed E-state index contributed by atoms with van der Waals surface area (Å²) in [6.07, 6.45) is 0. The molecule has 3 aromatic carbocycles. The van der Waals surface area contributed by atoms with Crippen LogP contribution in [0.1, 0.15) is 21.5 Å². The number of amides is 1. The molecule has 0 fully saturated rings. The van der Waals surface area contributed by atoms with Gasteiger partial charge in [-0.2, -0.15) is 0 Å². The van der Waals surface area contributed by atoms with Crippen LogP contribution in [0.15, 0.2) is 59.8 Å². The van der Waals surface area contributed by atoms with Crippen molar-refractivity contribution in [3.8, 4) is 17.4 Å². The molecule has 1 amide bonds. The van der Waals surface area contributed by atoms with Gasteiger partial charge in [0.15, 0.2) is 12.5 Å². The number of carbonyl (C=O) groups excluding carboxylic acids is 1. The Morgan fingerprint density at radius 1 is 1.20 bits per heavy atom. The molecule has 178 valence electrons. The van der Waals surface area contributed by atoms with E-state index < -0.39 is 5.82 Å². The van der Waals surface area contributed by atoms with Crippen LogP contribution >= 0.6 is 0 Å². The van der Waals surface area contributed by atoms with Crippen LogP contribution in [0.2, 0.25) is 0 Å². The summed E-state index contributed by atoms with van der Waals surface area (Å²) < 4.78 is 31.6. The third-order valence-electron chi connectivity index (χ3n) is 5.79. The molecular weight excluding hydrogens is 457 g/mol. The maximum Gasteiger partial charge on any atom is 0.255 e. The standard InChI is InChI=1S/C25H20FN3O6/c1-33-19-5-2-14(3-6-19)24(30)27-18-4-7-20-21(10-18)29(25(31)22(20)28-32)11-15-8-17(26)9-16-12-34-13-35-23(15)16/h2-10,31H,11-13H2,1H3,(H,27,30). The van der Waals surface area contributed by atoms with Crippen LogP contribution < -0.4 is 14.8 Å². The summed E-state index contributed by atoms with van der Waals surface area (Å²) in [6.45, 7) is 0.210. The van der Waals surface area contributed by atoms with E-state index in [1.807, 2.05) is 0 Å². The molecule has 0 unspecified atom stereocenters. The van der Waals surface area contributed by atoms with E-state index in [0.29, 0.717) is 44.8 Å². The predicted molar refractivity (Wildman–Crippen MR) is 126 cm³/mol. The predicted octanol–water partition coefficient (Wildman–Crippen LogP) is 5.06. The van der Waals surface area contributed by atoms with Crippen molar-refractivity contribution in [3.63, 3.8) is 0 Å². The number of nitrogens with zero attached hydrogens (tertiary/aromatic N) is 2. The van der Waals surface area contributed by atoms with Crippen molar-refractivity contribution in [2.24, 2.45) is 5.18 Å². The van der Waals surface area contributed by atoms with Gasteiger partial charge in [-0.15, -0.1) is 4.91 Å². The van der Waals surface area contributed by atoms with Crippen LogP contribution in [0.3, 0.4) is 0 Å². The number of halogens is 1. The fourth-order valence-electron chi connectivity index (χ4n) is 4.14. The van der Waals surface area contributed by atoms with E-state index in [2.05, 4.69) is 10.5 Å². The fraction of sp³-hybridized carbons (Fsp3) is 0.160. The van der Waals surface area contributed by atoms with Gasteiger partial charge in [-0.05, 0) is 59.8 Å². The molecule has 0 saturated heterocycles. The minimum absolute atomic E-state index is 0.00612. The van der Waals surface area contributed by atoms with Crippen molar-refractivity contribution < 1.29 is 28.5 Å². The number of carbonyl (C=O) groups is 1. The van der Waals surface area contributed by atoms with E-state index in [1.165, 1.54) is 23.8 Å². The van der Waals surface area contributed by atoms with Gasteiger partial charge in [-0.3, -0.25) is 4.79 Å². The van der Waals surface area contributed by atoms with Crippen molar-refractivity contribution in [2.45, 2.75) is 13.2 Å². The van der Waals surface area contributed by atoms with E-state index in [9.17, 15) is 19.2 Å². The van der Waals surface area contributed by atoms with Gasteiger partial charge < -0.3 is 29.2 Å². The van der Waals surface area contributed by atoms with Gasteiger partial charge in [-0.1, -0.05) is 0 Å². The monoisotopic (exact) mass is 477 g/mol. The summed E-state index contributed by atoms with van der Waals surface area (Å²) in [7, 11) is 1.54. The number of fused-ring (bicyclic) bond motifs is 2. The van der Waals surface area contributed by atoms with Crippen LogP contribution in [-0.2, 0) is 17.9 Å². The summed E-state index contributed by atoms with van der Waals surface area (Å²) in [4.78, 5) is 24.2. The average molecular weight is 477 g/mol. The molecule has 4 aromatic rings. The number of hydrogen-bond acceptors (Lipinski definition) is 7. The van der Waals surface area contributed by atoms with Crippen molar-refractivity contribution in [1.82, 2.24) is 4.57 Å². The van der Waals surface area contributed by atoms with E-state index in [0.717, 1.165) is 0 Å². The zero-order chi connectivity index (χ0) is 24.5. The number of aromatic nitrogens is 1. The number of benzene rings is 3. The zero-order valence-corrected chi connectivity index (χ0v) is 18.6. The van der Waals surface area contributed by atoms with E-state index >= 15 is 0 Å². The first kappa shape index (κ1) is 22.4. The Labute approximate surface area is 198 Å². The molecule has 9 nitrogen and oxygen atoms in total. The van der Waals surface area contributed by atoms with Crippen LogP contribution in [0.25, 0.3) is 10.9 Å². The summed E-state index contributed by atoms with van der Waals surface area (Å²) in [5.41, 5.74) is 2.13. The SMILES string of the molecule is COc1ccc(C(=O)Nc2ccc3c(N=O)c(O)n(Cc4cc(F)cc5c4OCOC5)c3c2)cc1. The Morgan fingerprint density at radius 3 is 2.74 bits per heavy atom. The third-order valence-corrected chi connectivity index (χ3v) is 5.79. The largest absolute Gasteiger partial charge is 0.497 e. The zero-order valence-electron chi connectivity index (χ0n) is 18.6. The normalized spacial score (nSPS) is 12.6. The van der Waals surface area contributed by atoms with Crippen molar-refractivity contribution in [3.05, 3.63) is 82.0 Å². The quantitative estimate of drug-likeness (QED) is 0.376. The van der Waals surface area contributed by atoms with Crippen molar-refractivity contribution in [2.75, 3.05) is 19.2 Å². The minimum atomic E-state index is -0.481. The number of anilines is 1. The molecule has 0 bridgehead atoms. The van der Waals surface area contributed by atoms with Gasteiger partial charge in [0.1, 0.15) is 17.3 Å². The van der Waals surface area contributed by atoms with Gasteiger partial charge in [-0.25, -0.2) is 4.39 Å². The molecule has 1 aromatic heterocycles. The maximum absolute atomic E-state index is 14.3. The van der Waals surface area contributed by atoms with Gasteiger partial charge in [0.05, 0.1) is 25.8 Å². The average Bonchev–Trinajstić information content (AvgIpc) is 3.13. The molecule has 5 rings (SSSR count). The molecule has 0 spiro atoms. The van der Waals surface area contributed by atoms with Crippen molar-refractivity contribution in [1.29, 1.82) is 0 Å². The highest BCUT2D eigenvalue weighted by molar-refractivity contribution is 6.06. The molecule has 0 radical (unpaired) electrons. The molecular formula is C25H20FN3O6. The van der Waals surface area contributed by atoms with Crippen LogP contribution in [0.4, 0.5) is 15.8 Å². The molecule has 35 heavy (non-hydrogen) atoms. The number of ether oxygens (including phenoxy) is 3. The third kappa shape index (κ3) is 4.15. The molecule has 1 aliphatic heterocycles. The van der Waals surface area contributed by atoms with Crippen LogP contribution in [0.5, 0.6) is 17.4 Å². The van der Waals surface area contributed by atoms with E-state index in [1.54, 1.807) is 42.5 Å². The molecule has 2 heterocycles. The number of nitroso groups, excluding NO2 is 1. The van der Waals surface area contributed by atoms with Gasteiger partial charge >= 0.3 is 0 Å². The second kappa shape index (κ2) is 9.07. The second-order valence-electron chi connectivity index (χ2n) is 7.93. The summed E-state index contributed by atoms with van der Waals surface area (Å²) in [6, 6.07) is 14.0. The minimum Gasteiger partial charge on any atom is -0.497 e. The van der Waals surface area contributed by atoms with Crippen LogP contribution in [-0.4, -0.2) is 29.5 Å². The molecule has 0 aliphatic carbocycles. The smallest absolute Gasteiger partial charge is 0.255 e. The van der Waals surface area contributed by atoms with Gasteiger partial charge in [0.25, 0.3) is 5.91 Å². The lowest BCUT2D eigenvalue weighted by atomic mass is 10.1. The molecule has 0 atom stereocenters. The summed E-state index contributed by atoms with van der Waals surface area (Å²) >= 11 is 0. The number of nitrogens with one attached hydrogen (secondary N) is 1. The highest BCUT2D eigenvalue weighted by Crippen LogP contribution is 2.41. The van der Waals surface area contributed by atoms with Gasteiger partial charge in [0, 0.05) is 27.8 Å². The number of rotatable bonds is 6. The Morgan fingerprint density at radius 2 is 2.00 bits per heavy atom. The summed E-state index contributed by atoms with van der Waals surface area (Å²) in [5.74, 6) is -0.122. The molecule has 1 aliphatic rings. The number of hydrogen-bond donors (Lipinski definition) is 2.